The highest BCUT2D eigenvalue weighted by atomic mass is 16.5. The molecule has 0 aliphatic carbocycles. The molecule has 2 aromatic carbocycles. The van der Waals surface area contributed by atoms with Crippen molar-refractivity contribution >= 4 is 17.5 Å². The summed E-state index contributed by atoms with van der Waals surface area (Å²) in [6, 6.07) is 14.5. The van der Waals surface area contributed by atoms with E-state index in [4.69, 9.17) is 9.47 Å². The molecule has 2 atom stereocenters. The topological polar surface area (TPSA) is 76.7 Å². The Bertz CT molecular complexity index is 829. The Morgan fingerprint density at radius 2 is 1.93 bits per heavy atom. The molecule has 2 N–H and O–H groups in total. The van der Waals surface area contributed by atoms with E-state index in [-0.39, 0.29) is 17.9 Å². The highest BCUT2D eigenvalue weighted by Gasteiger charge is 2.22. The molecule has 6 heteroatoms. The van der Waals surface area contributed by atoms with E-state index in [1.165, 1.54) is 0 Å². The van der Waals surface area contributed by atoms with Crippen molar-refractivity contribution in [2.75, 3.05) is 18.5 Å². The standard InChI is InChI=1S/C23H28N2O4/c1-3-21(29-17-12-10-16(2)11-13-17)23(27)25-20-9-5-4-8-19(20)22(26)24-15-18-7-6-14-28-18/h4-5,8-13,18,21H,3,6-7,14-15H2,1-2H3,(H,24,26)(H,25,27)/t18-,21-/m1/s1. The van der Waals surface area contributed by atoms with E-state index in [0.717, 1.165) is 25.0 Å². The lowest BCUT2D eigenvalue weighted by Crippen LogP contribution is -2.35. The summed E-state index contributed by atoms with van der Waals surface area (Å²) in [6.45, 7) is 5.09. The van der Waals surface area contributed by atoms with Crippen LogP contribution in [0.1, 0.15) is 42.1 Å². The summed E-state index contributed by atoms with van der Waals surface area (Å²) in [4.78, 5) is 25.4. The van der Waals surface area contributed by atoms with E-state index in [1.54, 1.807) is 24.3 Å². The molecule has 1 aliphatic rings. The molecule has 6 nitrogen and oxygen atoms in total. The molecule has 1 heterocycles. The van der Waals surface area contributed by atoms with Gasteiger partial charge in [0.05, 0.1) is 17.4 Å². The predicted molar refractivity (Wildman–Crippen MR) is 112 cm³/mol. The van der Waals surface area contributed by atoms with E-state index in [1.807, 2.05) is 38.1 Å². The summed E-state index contributed by atoms with van der Waals surface area (Å²) in [6.07, 6.45) is 1.89. The molecule has 0 bridgehead atoms. The maximum Gasteiger partial charge on any atom is 0.265 e. The molecule has 2 aromatic rings. The van der Waals surface area contributed by atoms with Crippen molar-refractivity contribution in [2.24, 2.45) is 0 Å². The molecule has 29 heavy (non-hydrogen) atoms. The first-order valence-corrected chi connectivity index (χ1v) is 10.1. The minimum Gasteiger partial charge on any atom is -0.481 e. The third-order valence-electron chi connectivity index (χ3n) is 4.91. The first-order chi connectivity index (χ1) is 14.1. The molecule has 0 unspecified atom stereocenters. The molecule has 0 spiro atoms. The van der Waals surface area contributed by atoms with Gasteiger partial charge in [-0.2, -0.15) is 0 Å². The van der Waals surface area contributed by atoms with Gasteiger partial charge in [0.1, 0.15) is 5.75 Å². The zero-order valence-corrected chi connectivity index (χ0v) is 16.9. The Morgan fingerprint density at radius 3 is 2.62 bits per heavy atom. The van der Waals surface area contributed by atoms with Crippen molar-refractivity contribution in [3.8, 4) is 5.75 Å². The van der Waals surface area contributed by atoms with Crippen LogP contribution in [0.3, 0.4) is 0 Å². The number of benzene rings is 2. The molecular formula is C23H28N2O4. The van der Waals surface area contributed by atoms with Crippen LogP contribution >= 0.6 is 0 Å². The van der Waals surface area contributed by atoms with Crippen molar-refractivity contribution < 1.29 is 19.1 Å². The Labute approximate surface area is 171 Å². The second-order valence-corrected chi connectivity index (χ2v) is 7.21. The van der Waals surface area contributed by atoms with E-state index < -0.39 is 6.10 Å². The second kappa shape index (κ2) is 10.1. The van der Waals surface area contributed by atoms with Gasteiger partial charge in [-0.25, -0.2) is 0 Å². The van der Waals surface area contributed by atoms with Crippen molar-refractivity contribution in [2.45, 2.75) is 45.3 Å². The van der Waals surface area contributed by atoms with Gasteiger partial charge in [0.15, 0.2) is 6.10 Å². The van der Waals surface area contributed by atoms with E-state index in [2.05, 4.69) is 10.6 Å². The number of hydrogen-bond donors (Lipinski definition) is 2. The van der Waals surface area contributed by atoms with Gasteiger partial charge in [0.25, 0.3) is 11.8 Å². The summed E-state index contributed by atoms with van der Waals surface area (Å²) in [5.74, 6) is 0.122. The van der Waals surface area contributed by atoms with Crippen LogP contribution in [-0.2, 0) is 9.53 Å². The number of ether oxygens (including phenoxy) is 2. The Hall–Kier alpha value is -2.86. The summed E-state index contributed by atoms with van der Waals surface area (Å²) in [5, 5.41) is 5.74. The van der Waals surface area contributed by atoms with Crippen LogP contribution in [0, 0.1) is 6.92 Å². The molecule has 1 fully saturated rings. The fourth-order valence-corrected chi connectivity index (χ4v) is 3.21. The third kappa shape index (κ3) is 5.81. The highest BCUT2D eigenvalue weighted by Crippen LogP contribution is 2.19. The van der Waals surface area contributed by atoms with Crippen LogP contribution in [-0.4, -0.2) is 37.2 Å². The number of rotatable bonds is 8. The number of nitrogens with one attached hydrogen (secondary N) is 2. The number of amides is 2. The molecule has 3 rings (SSSR count). The summed E-state index contributed by atoms with van der Waals surface area (Å²) < 4.78 is 11.4. The van der Waals surface area contributed by atoms with Gasteiger partial charge in [0, 0.05) is 13.2 Å². The molecule has 2 amide bonds. The zero-order valence-electron chi connectivity index (χ0n) is 16.9. The van der Waals surface area contributed by atoms with Gasteiger partial charge >= 0.3 is 0 Å². The smallest absolute Gasteiger partial charge is 0.265 e. The molecule has 0 aromatic heterocycles. The Balaban J connectivity index is 1.64. The first kappa shape index (κ1) is 20.9. The minimum absolute atomic E-state index is 0.0630. The fourth-order valence-electron chi connectivity index (χ4n) is 3.21. The first-order valence-electron chi connectivity index (χ1n) is 10.1. The zero-order chi connectivity index (χ0) is 20.6. The molecule has 154 valence electrons. The second-order valence-electron chi connectivity index (χ2n) is 7.21. The SMILES string of the molecule is CC[C@@H](Oc1ccc(C)cc1)C(=O)Nc1ccccc1C(=O)NC[C@H]1CCCO1. The molecule has 0 saturated carbocycles. The van der Waals surface area contributed by atoms with Crippen LogP contribution in [0.5, 0.6) is 5.75 Å². The largest absolute Gasteiger partial charge is 0.481 e. The number of anilines is 1. The van der Waals surface area contributed by atoms with Crippen LogP contribution in [0.15, 0.2) is 48.5 Å². The normalized spacial score (nSPS) is 16.8. The van der Waals surface area contributed by atoms with Crippen LogP contribution in [0.25, 0.3) is 0 Å². The van der Waals surface area contributed by atoms with Crippen molar-refractivity contribution in [3.05, 3.63) is 59.7 Å². The lowest BCUT2D eigenvalue weighted by molar-refractivity contribution is -0.122. The lowest BCUT2D eigenvalue weighted by atomic mass is 10.1. The molecular weight excluding hydrogens is 368 g/mol. The van der Waals surface area contributed by atoms with Gasteiger partial charge in [-0.1, -0.05) is 36.8 Å². The number of carbonyl (C=O) groups excluding carboxylic acids is 2. The van der Waals surface area contributed by atoms with Crippen LogP contribution in [0.2, 0.25) is 0 Å². The van der Waals surface area contributed by atoms with Gasteiger partial charge < -0.3 is 20.1 Å². The van der Waals surface area contributed by atoms with Gasteiger partial charge in [-0.15, -0.1) is 0 Å². The van der Waals surface area contributed by atoms with E-state index in [0.29, 0.717) is 30.0 Å². The summed E-state index contributed by atoms with van der Waals surface area (Å²) in [7, 11) is 0. The predicted octanol–water partition coefficient (Wildman–Crippen LogP) is 3.70. The summed E-state index contributed by atoms with van der Waals surface area (Å²) >= 11 is 0. The quantitative estimate of drug-likeness (QED) is 0.713. The van der Waals surface area contributed by atoms with Crippen LogP contribution < -0.4 is 15.4 Å². The number of carbonyl (C=O) groups is 2. The van der Waals surface area contributed by atoms with Gasteiger partial charge in [0.2, 0.25) is 0 Å². The number of aryl methyl sites for hydroxylation is 1. The van der Waals surface area contributed by atoms with Crippen molar-refractivity contribution in [1.82, 2.24) is 5.32 Å². The van der Waals surface area contributed by atoms with E-state index in [9.17, 15) is 9.59 Å². The van der Waals surface area contributed by atoms with Crippen LogP contribution in [0.4, 0.5) is 5.69 Å². The maximum absolute atomic E-state index is 12.8. The van der Waals surface area contributed by atoms with Gasteiger partial charge in [-0.05, 0) is 50.5 Å². The Morgan fingerprint density at radius 1 is 1.17 bits per heavy atom. The minimum atomic E-state index is -0.652. The van der Waals surface area contributed by atoms with Crippen molar-refractivity contribution in [1.29, 1.82) is 0 Å². The maximum atomic E-state index is 12.8. The monoisotopic (exact) mass is 396 g/mol. The average Bonchev–Trinajstić information content (AvgIpc) is 3.25. The van der Waals surface area contributed by atoms with Gasteiger partial charge in [-0.3, -0.25) is 9.59 Å². The van der Waals surface area contributed by atoms with E-state index >= 15 is 0 Å². The fraction of sp³-hybridized carbons (Fsp3) is 0.391. The van der Waals surface area contributed by atoms with Crippen molar-refractivity contribution in [3.63, 3.8) is 0 Å². The molecule has 1 aliphatic heterocycles. The average molecular weight is 396 g/mol. The number of hydrogen-bond acceptors (Lipinski definition) is 4. The summed E-state index contributed by atoms with van der Waals surface area (Å²) in [5.41, 5.74) is 2.01. The molecule has 1 saturated heterocycles. The third-order valence-corrected chi connectivity index (χ3v) is 4.91. The number of para-hydroxylation sites is 1. The Kier molecular flexibility index (Phi) is 7.25. The lowest BCUT2D eigenvalue weighted by Gasteiger charge is -2.19. The highest BCUT2D eigenvalue weighted by molar-refractivity contribution is 6.04. The molecule has 0 radical (unpaired) electrons.